The Morgan fingerprint density at radius 1 is 1.15 bits per heavy atom. The predicted octanol–water partition coefficient (Wildman–Crippen LogP) is 5.75. The summed E-state index contributed by atoms with van der Waals surface area (Å²) in [5.41, 5.74) is -2.51. The fourth-order valence-corrected chi connectivity index (χ4v) is 6.65. The fourth-order valence-electron chi connectivity index (χ4n) is 6.65. The standard InChI is InChI=1S/C29H31F3N6O3/c1-26(2,3)41-25(39)35-19-9-6-17(7-10-19)23-36-37-24(40-23)27-14-28(27,29(30,31)32)16-38(15-27)21-11-8-18(13-33)22-20(21)5-4-12-34-22/h4-5,8,11-12,17,19H,6-7,9-10,14-16H2,1-3H3,(H,35,39)/t17?,19?,27-,28-/m0/s1. The summed E-state index contributed by atoms with van der Waals surface area (Å²) in [4.78, 5) is 18.1. The lowest BCUT2D eigenvalue weighted by atomic mass is 9.86. The molecule has 41 heavy (non-hydrogen) atoms. The number of alkyl carbamates (subject to hydrolysis) is 1. The Hall–Kier alpha value is -3.88. The van der Waals surface area contributed by atoms with Gasteiger partial charge in [-0.2, -0.15) is 18.4 Å². The Balaban J connectivity index is 1.21. The van der Waals surface area contributed by atoms with Crippen molar-refractivity contribution >= 4 is 22.7 Å². The molecule has 1 aromatic carbocycles. The number of piperidine rings is 1. The van der Waals surface area contributed by atoms with Crippen LogP contribution in [-0.2, 0) is 10.2 Å². The van der Waals surface area contributed by atoms with Crippen molar-refractivity contribution in [2.45, 2.75) is 82.0 Å². The first-order valence-corrected chi connectivity index (χ1v) is 13.8. The van der Waals surface area contributed by atoms with E-state index in [1.165, 1.54) is 0 Å². The van der Waals surface area contributed by atoms with Crippen molar-refractivity contribution in [2.75, 3.05) is 18.0 Å². The highest BCUT2D eigenvalue weighted by molar-refractivity contribution is 5.95. The van der Waals surface area contributed by atoms with E-state index in [0.29, 0.717) is 53.7 Å². The van der Waals surface area contributed by atoms with Gasteiger partial charge in [-0.1, -0.05) is 0 Å². The third-order valence-corrected chi connectivity index (χ3v) is 8.71. The summed E-state index contributed by atoms with van der Waals surface area (Å²) in [6.45, 7) is 5.23. The number of ether oxygens (including phenoxy) is 1. The number of carbonyl (C=O) groups excluding carboxylic acids is 1. The van der Waals surface area contributed by atoms with Gasteiger partial charge in [0.15, 0.2) is 0 Å². The topological polar surface area (TPSA) is 117 Å². The van der Waals surface area contributed by atoms with Gasteiger partial charge in [0.1, 0.15) is 17.1 Å². The molecule has 3 heterocycles. The van der Waals surface area contributed by atoms with Crippen LogP contribution in [0.2, 0.25) is 0 Å². The number of carbonyl (C=O) groups is 1. The third-order valence-electron chi connectivity index (χ3n) is 8.71. The Labute approximate surface area is 235 Å². The van der Waals surface area contributed by atoms with Gasteiger partial charge in [0.2, 0.25) is 11.8 Å². The number of aromatic nitrogens is 3. The number of hydrogen-bond acceptors (Lipinski definition) is 8. The predicted molar refractivity (Wildman–Crippen MR) is 142 cm³/mol. The van der Waals surface area contributed by atoms with E-state index in [1.807, 2.05) is 0 Å². The van der Waals surface area contributed by atoms with Crippen LogP contribution in [0.15, 0.2) is 34.9 Å². The maximum Gasteiger partial charge on any atom is 0.407 e. The van der Waals surface area contributed by atoms with E-state index in [0.717, 1.165) is 0 Å². The Kier molecular flexibility index (Phi) is 6.21. The summed E-state index contributed by atoms with van der Waals surface area (Å²) in [6.07, 6.45) is -0.809. The smallest absolute Gasteiger partial charge is 0.407 e. The van der Waals surface area contributed by atoms with Crippen molar-refractivity contribution in [1.82, 2.24) is 20.5 Å². The van der Waals surface area contributed by atoms with Crippen molar-refractivity contribution in [1.29, 1.82) is 5.26 Å². The van der Waals surface area contributed by atoms with Gasteiger partial charge in [-0.05, 0) is 77.1 Å². The molecule has 6 rings (SSSR count). The summed E-state index contributed by atoms with van der Waals surface area (Å²) in [6, 6.07) is 8.82. The van der Waals surface area contributed by atoms with E-state index in [9.17, 15) is 23.2 Å². The van der Waals surface area contributed by atoms with E-state index >= 15 is 0 Å². The van der Waals surface area contributed by atoms with Crippen LogP contribution in [0.5, 0.6) is 0 Å². The molecule has 1 aliphatic heterocycles. The molecule has 0 spiro atoms. The first kappa shape index (κ1) is 27.3. The molecule has 1 saturated heterocycles. The van der Waals surface area contributed by atoms with E-state index in [2.05, 4.69) is 26.6 Å². The lowest BCUT2D eigenvalue weighted by molar-refractivity contribution is -0.187. The van der Waals surface area contributed by atoms with Crippen LogP contribution >= 0.6 is 0 Å². The summed E-state index contributed by atoms with van der Waals surface area (Å²) in [5, 5.41) is 21.4. The molecule has 12 heteroatoms. The molecule has 9 nitrogen and oxygen atoms in total. The zero-order valence-electron chi connectivity index (χ0n) is 23.1. The molecule has 2 atom stereocenters. The van der Waals surface area contributed by atoms with E-state index in [-0.39, 0.29) is 37.4 Å². The van der Waals surface area contributed by atoms with Gasteiger partial charge in [-0.25, -0.2) is 4.79 Å². The highest BCUT2D eigenvalue weighted by atomic mass is 19.4. The number of nitrogens with one attached hydrogen (secondary N) is 1. The highest BCUT2D eigenvalue weighted by Crippen LogP contribution is 2.75. The molecule has 2 aliphatic carbocycles. The van der Waals surface area contributed by atoms with Crippen LogP contribution < -0.4 is 10.2 Å². The molecule has 3 aromatic rings. The Morgan fingerprint density at radius 3 is 2.59 bits per heavy atom. The molecule has 2 saturated carbocycles. The molecule has 0 unspecified atom stereocenters. The first-order valence-electron chi connectivity index (χ1n) is 13.8. The second-order valence-electron chi connectivity index (χ2n) is 12.5. The number of fused-ring (bicyclic) bond motifs is 2. The highest BCUT2D eigenvalue weighted by Gasteiger charge is 2.86. The second kappa shape index (κ2) is 9.33. The maximum absolute atomic E-state index is 14.6. The molecular formula is C29H31F3N6O3. The van der Waals surface area contributed by atoms with Crippen molar-refractivity contribution in [3.8, 4) is 6.07 Å². The van der Waals surface area contributed by atoms with E-state index < -0.39 is 28.7 Å². The van der Waals surface area contributed by atoms with E-state index in [4.69, 9.17) is 9.15 Å². The monoisotopic (exact) mass is 568 g/mol. The lowest BCUT2D eigenvalue weighted by Gasteiger charge is -2.28. The Morgan fingerprint density at radius 2 is 1.90 bits per heavy atom. The number of pyridine rings is 1. The van der Waals surface area contributed by atoms with Crippen LogP contribution in [0.4, 0.5) is 23.7 Å². The van der Waals surface area contributed by atoms with Crippen LogP contribution in [0.3, 0.4) is 0 Å². The number of alkyl halides is 3. The van der Waals surface area contributed by atoms with E-state index in [1.54, 1.807) is 56.1 Å². The molecule has 1 N–H and O–H groups in total. The number of halogens is 3. The normalized spacial score (nSPS) is 27.8. The molecule has 0 bridgehead atoms. The van der Waals surface area contributed by atoms with Crippen LogP contribution in [0.25, 0.3) is 10.9 Å². The van der Waals surface area contributed by atoms with Crippen molar-refractivity contribution in [3.05, 3.63) is 47.8 Å². The quantitative estimate of drug-likeness (QED) is 0.423. The molecular weight excluding hydrogens is 537 g/mol. The first-order chi connectivity index (χ1) is 19.4. The summed E-state index contributed by atoms with van der Waals surface area (Å²) in [5.74, 6) is 0.284. The SMILES string of the molecule is CC(C)(C)OC(=O)NC1CCC(c2nnc([C@]34CN(c5ccc(C#N)c6ncccc56)C[C@@]3(C(F)(F)F)C4)o2)CC1. The molecule has 3 aliphatic rings. The molecule has 0 radical (unpaired) electrons. The second-order valence-corrected chi connectivity index (χ2v) is 12.5. The third kappa shape index (κ3) is 4.55. The van der Waals surface area contributed by atoms with Gasteiger partial charge in [0.25, 0.3) is 0 Å². The van der Waals surface area contributed by atoms with Crippen molar-refractivity contribution < 1.29 is 27.1 Å². The Bertz CT molecular complexity index is 1540. The number of nitrogens with zero attached hydrogens (tertiary/aromatic N) is 5. The number of benzene rings is 1. The zero-order chi connectivity index (χ0) is 29.2. The number of anilines is 1. The van der Waals surface area contributed by atoms with Gasteiger partial charge in [0.05, 0.1) is 16.5 Å². The van der Waals surface area contributed by atoms with Gasteiger partial charge >= 0.3 is 12.3 Å². The average Bonchev–Trinajstić information content (AvgIpc) is 3.21. The summed E-state index contributed by atoms with van der Waals surface area (Å²) in [7, 11) is 0. The molecule has 216 valence electrons. The van der Waals surface area contributed by atoms with Crippen molar-refractivity contribution in [2.24, 2.45) is 5.41 Å². The maximum atomic E-state index is 14.6. The van der Waals surface area contributed by atoms with Crippen molar-refractivity contribution in [3.63, 3.8) is 0 Å². The minimum atomic E-state index is -4.47. The minimum absolute atomic E-state index is 0.0254. The molecule has 1 amide bonds. The summed E-state index contributed by atoms with van der Waals surface area (Å²) >= 11 is 0. The summed E-state index contributed by atoms with van der Waals surface area (Å²) < 4.78 is 55.3. The van der Waals surface area contributed by atoms with Gasteiger partial charge in [0, 0.05) is 42.3 Å². The van der Waals surface area contributed by atoms with Gasteiger partial charge in [-0.3, -0.25) is 4.98 Å². The molecule has 3 fully saturated rings. The number of amides is 1. The minimum Gasteiger partial charge on any atom is -0.444 e. The lowest BCUT2D eigenvalue weighted by Crippen LogP contribution is -2.40. The van der Waals surface area contributed by atoms with Crippen LogP contribution in [0.1, 0.15) is 76.1 Å². The number of rotatable bonds is 4. The largest absolute Gasteiger partial charge is 0.444 e. The average molecular weight is 569 g/mol. The van der Waals surface area contributed by atoms with Crippen LogP contribution in [-0.4, -0.2) is 52.2 Å². The van der Waals surface area contributed by atoms with Crippen LogP contribution in [0, 0.1) is 16.7 Å². The van der Waals surface area contributed by atoms with Gasteiger partial charge < -0.3 is 19.4 Å². The van der Waals surface area contributed by atoms with Gasteiger partial charge in [-0.15, -0.1) is 10.2 Å². The zero-order valence-corrected chi connectivity index (χ0v) is 23.1. The number of hydrogen-bond donors (Lipinski definition) is 1. The molecule has 2 aromatic heterocycles. The number of nitriles is 1. The fraction of sp³-hybridized carbons (Fsp3) is 0.552.